The standard InChI is InChI=1S/C15H24N2O3S/c1-9(2)16-14(19)11-5-3-10(4-6-11)8-17-13(18)7-12(21)15(17)20/h9-12,21H,3-8H2,1-2H3,(H,16,19). The van der Waals surface area contributed by atoms with Crippen LogP contribution in [-0.2, 0) is 14.4 Å². The zero-order valence-electron chi connectivity index (χ0n) is 12.7. The maximum atomic E-state index is 12.0. The van der Waals surface area contributed by atoms with Crippen LogP contribution in [0, 0.1) is 11.8 Å². The van der Waals surface area contributed by atoms with Crippen LogP contribution in [0.2, 0.25) is 0 Å². The van der Waals surface area contributed by atoms with Crippen molar-refractivity contribution in [3.63, 3.8) is 0 Å². The van der Waals surface area contributed by atoms with Gasteiger partial charge >= 0.3 is 0 Å². The van der Waals surface area contributed by atoms with Gasteiger partial charge in [-0.1, -0.05) is 0 Å². The molecule has 1 heterocycles. The highest BCUT2D eigenvalue weighted by Gasteiger charge is 2.38. The molecule has 0 aromatic carbocycles. The molecule has 0 bridgehead atoms. The van der Waals surface area contributed by atoms with Crippen molar-refractivity contribution >= 4 is 30.4 Å². The Kier molecular flexibility index (Phi) is 5.30. The number of imide groups is 1. The summed E-state index contributed by atoms with van der Waals surface area (Å²) in [7, 11) is 0. The second kappa shape index (κ2) is 6.81. The topological polar surface area (TPSA) is 66.5 Å². The van der Waals surface area contributed by atoms with Gasteiger partial charge in [0, 0.05) is 24.9 Å². The van der Waals surface area contributed by atoms with E-state index in [0.29, 0.717) is 12.5 Å². The SMILES string of the molecule is CC(C)NC(=O)C1CCC(CN2C(=O)CC(S)C2=O)CC1. The van der Waals surface area contributed by atoms with Crippen molar-refractivity contribution in [2.24, 2.45) is 11.8 Å². The third-order valence-electron chi connectivity index (χ3n) is 4.31. The molecule has 0 spiro atoms. The molecule has 118 valence electrons. The summed E-state index contributed by atoms with van der Waals surface area (Å²) in [6.45, 7) is 4.41. The minimum absolute atomic E-state index is 0.0752. The van der Waals surface area contributed by atoms with Crippen LogP contribution in [0.5, 0.6) is 0 Å². The van der Waals surface area contributed by atoms with Gasteiger partial charge in [0.15, 0.2) is 0 Å². The van der Waals surface area contributed by atoms with Crippen LogP contribution in [0.1, 0.15) is 46.0 Å². The van der Waals surface area contributed by atoms with E-state index in [1.165, 1.54) is 4.90 Å². The summed E-state index contributed by atoms with van der Waals surface area (Å²) in [5, 5.41) is 2.49. The van der Waals surface area contributed by atoms with Crippen LogP contribution >= 0.6 is 12.6 Å². The zero-order chi connectivity index (χ0) is 15.6. The lowest BCUT2D eigenvalue weighted by molar-refractivity contribution is -0.139. The van der Waals surface area contributed by atoms with E-state index in [9.17, 15) is 14.4 Å². The maximum absolute atomic E-state index is 12.0. The first-order chi connectivity index (χ1) is 9.88. The fourth-order valence-electron chi connectivity index (χ4n) is 3.13. The van der Waals surface area contributed by atoms with Crippen molar-refractivity contribution in [1.29, 1.82) is 0 Å². The summed E-state index contributed by atoms with van der Waals surface area (Å²) in [4.78, 5) is 36.9. The fraction of sp³-hybridized carbons (Fsp3) is 0.800. The summed E-state index contributed by atoms with van der Waals surface area (Å²) in [6, 6.07) is 0.169. The van der Waals surface area contributed by atoms with Crippen molar-refractivity contribution < 1.29 is 14.4 Å². The number of nitrogens with one attached hydrogen (secondary N) is 1. The molecule has 2 aliphatic rings. The molecule has 1 aliphatic heterocycles. The van der Waals surface area contributed by atoms with Gasteiger partial charge in [-0.3, -0.25) is 19.3 Å². The molecule has 2 fully saturated rings. The molecule has 1 aliphatic carbocycles. The van der Waals surface area contributed by atoms with Gasteiger partial charge in [0.1, 0.15) is 0 Å². The normalized spacial score (nSPS) is 30.1. The lowest BCUT2D eigenvalue weighted by Gasteiger charge is -2.30. The molecule has 1 N–H and O–H groups in total. The Morgan fingerprint density at radius 1 is 1.29 bits per heavy atom. The molecule has 1 saturated heterocycles. The maximum Gasteiger partial charge on any atom is 0.242 e. The van der Waals surface area contributed by atoms with Gasteiger partial charge in [-0.2, -0.15) is 12.6 Å². The summed E-state index contributed by atoms with van der Waals surface area (Å²) < 4.78 is 0. The lowest BCUT2D eigenvalue weighted by Crippen LogP contribution is -2.40. The smallest absolute Gasteiger partial charge is 0.242 e. The predicted octanol–water partition coefficient (Wildman–Crippen LogP) is 1.37. The molecule has 6 heteroatoms. The molecular formula is C15H24N2O3S. The first-order valence-electron chi connectivity index (χ1n) is 7.71. The van der Waals surface area contributed by atoms with E-state index >= 15 is 0 Å². The number of carbonyl (C=O) groups is 3. The van der Waals surface area contributed by atoms with Gasteiger partial charge in [-0.05, 0) is 45.4 Å². The average molecular weight is 312 g/mol. The van der Waals surface area contributed by atoms with E-state index in [2.05, 4.69) is 17.9 Å². The average Bonchev–Trinajstić information content (AvgIpc) is 2.65. The van der Waals surface area contributed by atoms with E-state index in [1.807, 2.05) is 13.8 Å². The molecule has 21 heavy (non-hydrogen) atoms. The van der Waals surface area contributed by atoms with Crippen molar-refractivity contribution in [3.05, 3.63) is 0 Å². The summed E-state index contributed by atoms with van der Waals surface area (Å²) in [6.07, 6.45) is 3.68. The van der Waals surface area contributed by atoms with Gasteiger partial charge in [0.05, 0.1) is 5.25 Å². The highest BCUT2D eigenvalue weighted by Crippen LogP contribution is 2.31. The molecule has 5 nitrogen and oxygen atoms in total. The summed E-state index contributed by atoms with van der Waals surface area (Å²) in [5.74, 6) is 0.251. The third kappa shape index (κ3) is 3.99. The van der Waals surface area contributed by atoms with Gasteiger partial charge in [-0.25, -0.2) is 0 Å². The van der Waals surface area contributed by atoms with Crippen LogP contribution < -0.4 is 5.32 Å². The van der Waals surface area contributed by atoms with Crippen molar-refractivity contribution in [2.45, 2.75) is 57.2 Å². The molecule has 0 radical (unpaired) electrons. The number of hydrogen-bond donors (Lipinski definition) is 2. The van der Waals surface area contributed by atoms with Crippen molar-refractivity contribution in [1.82, 2.24) is 10.2 Å². The first-order valence-corrected chi connectivity index (χ1v) is 8.22. The van der Waals surface area contributed by atoms with Crippen LogP contribution in [0.15, 0.2) is 0 Å². The summed E-state index contributed by atoms with van der Waals surface area (Å²) in [5.41, 5.74) is 0. The number of nitrogens with zero attached hydrogens (tertiary/aromatic N) is 1. The minimum Gasteiger partial charge on any atom is -0.354 e. The largest absolute Gasteiger partial charge is 0.354 e. The Hall–Kier alpha value is -1.04. The Bertz CT molecular complexity index is 431. The second-order valence-electron chi connectivity index (χ2n) is 6.44. The third-order valence-corrected chi connectivity index (χ3v) is 4.71. The van der Waals surface area contributed by atoms with E-state index in [-0.39, 0.29) is 36.1 Å². The van der Waals surface area contributed by atoms with E-state index < -0.39 is 5.25 Å². The molecule has 1 atom stereocenters. The van der Waals surface area contributed by atoms with Crippen LogP contribution in [-0.4, -0.2) is 40.5 Å². The summed E-state index contributed by atoms with van der Waals surface area (Å²) >= 11 is 4.13. The Labute approximate surface area is 131 Å². The first kappa shape index (κ1) is 16.3. The van der Waals surface area contributed by atoms with Gasteiger partial charge < -0.3 is 5.32 Å². The minimum atomic E-state index is -0.467. The quantitative estimate of drug-likeness (QED) is 0.609. The number of rotatable bonds is 4. The van der Waals surface area contributed by atoms with Crippen LogP contribution in [0.3, 0.4) is 0 Å². The molecule has 1 unspecified atom stereocenters. The molecular weight excluding hydrogens is 288 g/mol. The predicted molar refractivity (Wildman–Crippen MR) is 82.8 cm³/mol. The van der Waals surface area contributed by atoms with Gasteiger partial charge in [0.25, 0.3) is 0 Å². The van der Waals surface area contributed by atoms with Crippen molar-refractivity contribution in [2.75, 3.05) is 6.54 Å². The number of hydrogen-bond acceptors (Lipinski definition) is 4. The number of likely N-dealkylation sites (tertiary alicyclic amines) is 1. The van der Waals surface area contributed by atoms with E-state index in [4.69, 9.17) is 0 Å². The molecule has 1 saturated carbocycles. The molecule has 0 aromatic rings. The molecule has 0 aromatic heterocycles. The lowest BCUT2D eigenvalue weighted by atomic mass is 9.81. The number of amides is 3. The fourth-order valence-corrected chi connectivity index (χ4v) is 3.42. The van der Waals surface area contributed by atoms with Crippen molar-refractivity contribution in [3.8, 4) is 0 Å². The zero-order valence-corrected chi connectivity index (χ0v) is 13.6. The molecule has 2 rings (SSSR count). The number of thiol groups is 1. The van der Waals surface area contributed by atoms with Crippen LogP contribution in [0.4, 0.5) is 0 Å². The van der Waals surface area contributed by atoms with Crippen LogP contribution in [0.25, 0.3) is 0 Å². The molecule has 3 amide bonds. The second-order valence-corrected chi connectivity index (χ2v) is 7.07. The highest BCUT2D eigenvalue weighted by atomic mass is 32.1. The highest BCUT2D eigenvalue weighted by molar-refractivity contribution is 7.81. The Morgan fingerprint density at radius 2 is 1.90 bits per heavy atom. The van der Waals surface area contributed by atoms with E-state index in [0.717, 1.165) is 25.7 Å². The van der Waals surface area contributed by atoms with Gasteiger partial charge in [-0.15, -0.1) is 0 Å². The van der Waals surface area contributed by atoms with E-state index in [1.54, 1.807) is 0 Å². The van der Waals surface area contributed by atoms with Gasteiger partial charge in [0.2, 0.25) is 17.7 Å². The Morgan fingerprint density at radius 3 is 2.38 bits per heavy atom. The number of carbonyl (C=O) groups excluding carboxylic acids is 3. The monoisotopic (exact) mass is 312 g/mol. The Balaban J connectivity index is 1.81.